The molecule has 0 radical (unpaired) electrons. The summed E-state index contributed by atoms with van der Waals surface area (Å²) in [5, 5.41) is 5.37. The predicted octanol–water partition coefficient (Wildman–Crippen LogP) is 3.14. The van der Waals surface area contributed by atoms with Gasteiger partial charge in [0.15, 0.2) is 0 Å². The molecular weight excluding hydrogens is 296 g/mol. The molecule has 4 nitrogen and oxygen atoms in total. The van der Waals surface area contributed by atoms with Crippen LogP contribution in [-0.4, -0.2) is 30.5 Å². The van der Waals surface area contributed by atoms with Crippen molar-refractivity contribution in [3.63, 3.8) is 0 Å². The molecule has 0 aliphatic carbocycles. The van der Waals surface area contributed by atoms with Crippen molar-refractivity contribution in [2.24, 2.45) is 0 Å². The van der Waals surface area contributed by atoms with Crippen molar-refractivity contribution in [1.82, 2.24) is 4.90 Å². The van der Waals surface area contributed by atoms with E-state index < -0.39 is 0 Å². The van der Waals surface area contributed by atoms with Crippen LogP contribution in [0.3, 0.4) is 0 Å². The van der Waals surface area contributed by atoms with Crippen molar-refractivity contribution in [1.29, 1.82) is 0 Å². The molecule has 1 aromatic carbocycles. The van der Waals surface area contributed by atoms with Gasteiger partial charge in [-0.1, -0.05) is 12.1 Å². The molecule has 0 fully saturated rings. The molecule has 0 unspecified atom stereocenters. The SMILES string of the molecule is COc1ccccc1N[C@H](C)C(=O)N1CCc2sccc2C1. The highest BCUT2D eigenvalue weighted by Crippen LogP contribution is 2.26. The first-order valence-electron chi connectivity index (χ1n) is 7.42. The minimum atomic E-state index is -0.281. The summed E-state index contributed by atoms with van der Waals surface area (Å²) < 4.78 is 5.32. The number of para-hydroxylation sites is 2. The molecular formula is C17H20N2O2S. The molecule has 1 atom stereocenters. The lowest BCUT2D eigenvalue weighted by Gasteiger charge is -2.30. The maximum atomic E-state index is 12.7. The molecule has 1 amide bonds. The highest BCUT2D eigenvalue weighted by molar-refractivity contribution is 7.10. The number of nitrogens with one attached hydrogen (secondary N) is 1. The maximum Gasteiger partial charge on any atom is 0.245 e. The van der Waals surface area contributed by atoms with Gasteiger partial charge in [0.05, 0.1) is 12.8 Å². The Bertz CT molecular complexity index is 668. The Labute approximate surface area is 134 Å². The number of carbonyl (C=O) groups excluding carboxylic acids is 1. The number of hydrogen-bond acceptors (Lipinski definition) is 4. The van der Waals surface area contributed by atoms with E-state index in [4.69, 9.17) is 4.74 Å². The minimum absolute atomic E-state index is 0.128. The third-order valence-electron chi connectivity index (χ3n) is 3.97. The number of rotatable bonds is 4. The fourth-order valence-electron chi connectivity index (χ4n) is 2.77. The van der Waals surface area contributed by atoms with Gasteiger partial charge in [0.25, 0.3) is 0 Å². The van der Waals surface area contributed by atoms with E-state index in [-0.39, 0.29) is 11.9 Å². The summed E-state index contributed by atoms with van der Waals surface area (Å²) in [5.74, 6) is 0.878. The normalized spacial score (nSPS) is 15.1. The van der Waals surface area contributed by atoms with Gasteiger partial charge in [-0.3, -0.25) is 4.79 Å². The van der Waals surface area contributed by atoms with Crippen LogP contribution in [0.5, 0.6) is 5.75 Å². The lowest BCUT2D eigenvalue weighted by Crippen LogP contribution is -2.43. The quantitative estimate of drug-likeness (QED) is 0.942. The van der Waals surface area contributed by atoms with Crippen molar-refractivity contribution in [3.8, 4) is 5.75 Å². The molecule has 116 valence electrons. The molecule has 0 bridgehead atoms. The van der Waals surface area contributed by atoms with Gasteiger partial charge in [-0.25, -0.2) is 0 Å². The van der Waals surface area contributed by atoms with Crippen molar-refractivity contribution in [2.45, 2.75) is 25.9 Å². The topological polar surface area (TPSA) is 41.6 Å². The van der Waals surface area contributed by atoms with Crippen LogP contribution in [0.25, 0.3) is 0 Å². The predicted molar refractivity (Wildman–Crippen MR) is 89.5 cm³/mol. The highest BCUT2D eigenvalue weighted by Gasteiger charge is 2.25. The Morgan fingerprint density at radius 3 is 3.00 bits per heavy atom. The van der Waals surface area contributed by atoms with E-state index in [0.29, 0.717) is 0 Å². The molecule has 2 heterocycles. The molecule has 1 aromatic heterocycles. The summed E-state index contributed by atoms with van der Waals surface area (Å²) in [6.07, 6.45) is 0.958. The van der Waals surface area contributed by atoms with E-state index in [9.17, 15) is 4.79 Å². The standard InChI is InChI=1S/C17H20N2O2S/c1-12(18-14-5-3-4-6-15(14)21-2)17(20)19-9-7-16-13(11-19)8-10-22-16/h3-6,8,10,12,18H,7,9,11H2,1-2H3/t12-/m1/s1. The van der Waals surface area contributed by atoms with Gasteiger partial charge in [0.1, 0.15) is 11.8 Å². The third kappa shape index (κ3) is 2.95. The average molecular weight is 316 g/mol. The molecule has 0 saturated carbocycles. The summed E-state index contributed by atoms with van der Waals surface area (Å²) >= 11 is 1.78. The van der Waals surface area contributed by atoms with Crippen molar-refractivity contribution in [2.75, 3.05) is 19.0 Å². The van der Waals surface area contributed by atoms with Gasteiger partial charge in [0, 0.05) is 18.0 Å². The molecule has 2 aromatic rings. The molecule has 1 N–H and O–H groups in total. The Morgan fingerprint density at radius 2 is 2.18 bits per heavy atom. The van der Waals surface area contributed by atoms with Crippen LogP contribution < -0.4 is 10.1 Å². The Hall–Kier alpha value is -2.01. The van der Waals surface area contributed by atoms with E-state index in [2.05, 4.69) is 16.8 Å². The van der Waals surface area contributed by atoms with Gasteiger partial charge >= 0.3 is 0 Å². The van der Waals surface area contributed by atoms with Crippen molar-refractivity contribution in [3.05, 3.63) is 46.2 Å². The zero-order valence-electron chi connectivity index (χ0n) is 12.8. The molecule has 0 spiro atoms. The number of nitrogens with zero attached hydrogens (tertiary/aromatic N) is 1. The van der Waals surface area contributed by atoms with Crippen LogP contribution in [-0.2, 0) is 17.8 Å². The maximum absolute atomic E-state index is 12.7. The smallest absolute Gasteiger partial charge is 0.245 e. The summed E-state index contributed by atoms with van der Waals surface area (Å²) in [6.45, 7) is 3.41. The Kier molecular flexibility index (Phi) is 4.34. The summed E-state index contributed by atoms with van der Waals surface area (Å²) in [6, 6.07) is 9.50. The molecule has 1 aliphatic rings. The minimum Gasteiger partial charge on any atom is -0.495 e. The van der Waals surface area contributed by atoms with Gasteiger partial charge in [-0.15, -0.1) is 11.3 Å². The van der Waals surface area contributed by atoms with Crippen LogP contribution in [0.1, 0.15) is 17.4 Å². The van der Waals surface area contributed by atoms with Gasteiger partial charge in [-0.2, -0.15) is 0 Å². The largest absolute Gasteiger partial charge is 0.495 e. The second-order valence-corrected chi connectivity index (χ2v) is 6.45. The number of fused-ring (bicyclic) bond motifs is 1. The third-order valence-corrected chi connectivity index (χ3v) is 4.99. The van der Waals surface area contributed by atoms with Gasteiger partial charge in [-0.05, 0) is 42.5 Å². The lowest BCUT2D eigenvalue weighted by atomic mass is 10.1. The van der Waals surface area contributed by atoms with Crippen molar-refractivity contribution < 1.29 is 9.53 Å². The number of benzene rings is 1. The van der Waals surface area contributed by atoms with Crippen LogP contribution in [0.4, 0.5) is 5.69 Å². The van der Waals surface area contributed by atoms with E-state index in [1.807, 2.05) is 36.1 Å². The summed E-state index contributed by atoms with van der Waals surface area (Å²) in [5.41, 5.74) is 2.13. The Balaban J connectivity index is 1.68. The molecule has 0 saturated heterocycles. The van der Waals surface area contributed by atoms with Gasteiger partial charge in [0.2, 0.25) is 5.91 Å². The first-order chi connectivity index (χ1) is 10.7. The fourth-order valence-corrected chi connectivity index (χ4v) is 3.66. The van der Waals surface area contributed by atoms with E-state index >= 15 is 0 Å². The number of anilines is 1. The lowest BCUT2D eigenvalue weighted by molar-refractivity contribution is -0.132. The Morgan fingerprint density at radius 1 is 1.36 bits per heavy atom. The van der Waals surface area contributed by atoms with Gasteiger partial charge < -0.3 is 15.0 Å². The number of methoxy groups -OCH3 is 1. The number of carbonyl (C=O) groups is 1. The first kappa shape index (κ1) is 14.9. The number of amides is 1. The van der Waals surface area contributed by atoms with E-state index in [1.54, 1.807) is 18.4 Å². The molecule has 5 heteroatoms. The number of thiophene rings is 1. The number of ether oxygens (including phenoxy) is 1. The monoisotopic (exact) mass is 316 g/mol. The first-order valence-corrected chi connectivity index (χ1v) is 8.30. The van der Waals surface area contributed by atoms with Crippen LogP contribution in [0.2, 0.25) is 0 Å². The average Bonchev–Trinajstić information content (AvgIpc) is 3.02. The summed E-state index contributed by atoms with van der Waals surface area (Å²) in [4.78, 5) is 16.0. The molecule has 3 rings (SSSR count). The zero-order chi connectivity index (χ0) is 15.5. The van der Waals surface area contributed by atoms with Crippen LogP contribution in [0.15, 0.2) is 35.7 Å². The fraction of sp³-hybridized carbons (Fsp3) is 0.353. The molecule has 1 aliphatic heterocycles. The van der Waals surface area contributed by atoms with E-state index in [1.165, 1.54) is 10.4 Å². The summed E-state index contributed by atoms with van der Waals surface area (Å²) in [7, 11) is 1.63. The second-order valence-electron chi connectivity index (χ2n) is 5.45. The van der Waals surface area contributed by atoms with E-state index in [0.717, 1.165) is 30.9 Å². The van der Waals surface area contributed by atoms with Crippen LogP contribution >= 0.6 is 11.3 Å². The second kappa shape index (κ2) is 6.40. The van der Waals surface area contributed by atoms with Crippen molar-refractivity contribution >= 4 is 22.9 Å². The van der Waals surface area contributed by atoms with Crippen LogP contribution in [0, 0.1) is 0 Å². The zero-order valence-corrected chi connectivity index (χ0v) is 13.7. The molecule has 22 heavy (non-hydrogen) atoms. The highest BCUT2D eigenvalue weighted by atomic mass is 32.1. The number of hydrogen-bond donors (Lipinski definition) is 1.